The van der Waals surface area contributed by atoms with Crippen molar-refractivity contribution in [3.05, 3.63) is 77.9 Å². The maximum atomic E-state index is 9.86. The molecule has 0 spiro atoms. The minimum Gasteiger partial charge on any atom is -0.493 e. The molecule has 0 heterocycles. The third-order valence-electron chi connectivity index (χ3n) is 4.93. The lowest BCUT2D eigenvalue weighted by molar-refractivity contribution is 0.283. The average molecular weight is 374 g/mol. The molecule has 0 saturated heterocycles. The Hall–Kier alpha value is -3.24. The highest BCUT2D eigenvalue weighted by Crippen LogP contribution is 2.38. The van der Waals surface area contributed by atoms with Crippen molar-refractivity contribution >= 4 is 21.5 Å². The molecule has 0 radical (unpaired) electrons. The molecule has 142 valence electrons. The van der Waals surface area contributed by atoms with Crippen molar-refractivity contribution in [2.45, 2.75) is 13.2 Å². The van der Waals surface area contributed by atoms with Gasteiger partial charge in [0, 0.05) is 0 Å². The predicted molar refractivity (Wildman–Crippen MR) is 111 cm³/mol. The first-order valence-corrected chi connectivity index (χ1v) is 9.12. The van der Waals surface area contributed by atoms with E-state index in [2.05, 4.69) is 0 Å². The van der Waals surface area contributed by atoms with E-state index in [1.54, 1.807) is 14.2 Å². The molecule has 4 rings (SSSR count). The van der Waals surface area contributed by atoms with Crippen LogP contribution < -0.4 is 14.2 Å². The molecular weight excluding hydrogens is 352 g/mol. The molecule has 0 unspecified atom stereocenters. The van der Waals surface area contributed by atoms with E-state index in [9.17, 15) is 5.11 Å². The van der Waals surface area contributed by atoms with Crippen molar-refractivity contribution in [1.82, 2.24) is 0 Å². The van der Waals surface area contributed by atoms with Gasteiger partial charge in [-0.25, -0.2) is 0 Å². The Morgan fingerprint density at radius 1 is 0.750 bits per heavy atom. The van der Waals surface area contributed by atoms with E-state index in [1.807, 2.05) is 66.7 Å². The number of methoxy groups -OCH3 is 2. The maximum absolute atomic E-state index is 9.86. The van der Waals surface area contributed by atoms with Gasteiger partial charge in [-0.1, -0.05) is 36.4 Å². The Kier molecular flexibility index (Phi) is 5.04. The Morgan fingerprint density at radius 3 is 2.21 bits per heavy atom. The van der Waals surface area contributed by atoms with Crippen LogP contribution in [0, 0.1) is 0 Å². The van der Waals surface area contributed by atoms with Gasteiger partial charge in [0.25, 0.3) is 0 Å². The van der Waals surface area contributed by atoms with Gasteiger partial charge in [0.2, 0.25) is 0 Å². The highest BCUT2D eigenvalue weighted by Gasteiger charge is 2.12. The van der Waals surface area contributed by atoms with Crippen LogP contribution in [0.25, 0.3) is 21.5 Å². The fourth-order valence-corrected chi connectivity index (χ4v) is 3.50. The van der Waals surface area contributed by atoms with Crippen molar-refractivity contribution < 1.29 is 19.3 Å². The summed E-state index contributed by atoms with van der Waals surface area (Å²) in [6.07, 6.45) is 0. The topological polar surface area (TPSA) is 47.9 Å². The van der Waals surface area contributed by atoms with Crippen LogP contribution in [0.2, 0.25) is 0 Å². The molecule has 0 aliphatic rings. The van der Waals surface area contributed by atoms with Gasteiger partial charge in [0.05, 0.1) is 20.8 Å². The van der Waals surface area contributed by atoms with Crippen molar-refractivity contribution in [2.75, 3.05) is 14.2 Å². The molecule has 0 atom stereocenters. The van der Waals surface area contributed by atoms with Gasteiger partial charge in [-0.2, -0.15) is 0 Å². The zero-order chi connectivity index (χ0) is 19.5. The second kappa shape index (κ2) is 7.79. The molecule has 0 fully saturated rings. The Bertz CT molecular complexity index is 1120. The summed E-state index contributed by atoms with van der Waals surface area (Å²) >= 11 is 0. The standard InChI is InChI=1S/C24H22O4/c1-26-23-11-17-10-18(14-25)20-9-8-19(28-15-16-6-4-3-5-7-16)12-22(20)21(17)13-24(23)27-2/h3-13,25H,14-15H2,1-2H3. The van der Waals surface area contributed by atoms with E-state index < -0.39 is 0 Å². The number of benzene rings is 4. The molecule has 4 heteroatoms. The number of hydrogen-bond acceptors (Lipinski definition) is 4. The lowest BCUT2D eigenvalue weighted by Gasteiger charge is -2.14. The quantitative estimate of drug-likeness (QED) is 0.478. The molecule has 1 N–H and O–H groups in total. The molecule has 0 bridgehead atoms. The number of aliphatic hydroxyl groups excluding tert-OH is 1. The van der Waals surface area contributed by atoms with Crippen LogP contribution in [0.3, 0.4) is 0 Å². The van der Waals surface area contributed by atoms with Crippen molar-refractivity contribution in [1.29, 1.82) is 0 Å². The van der Waals surface area contributed by atoms with Gasteiger partial charge in [-0.15, -0.1) is 0 Å². The summed E-state index contributed by atoms with van der Waals surface area (Å²) in [7, 11) is 3.25. The Balaban J connectivity index is 1.83. The van der Waals surface area contributed by atoms with Crippen LogP contribution in [-0.2, 0) is 13.2 Å². The first-order chi connectivity index (χ1) is 13.7. The Morgan fingerprint density at radius 2 is 1.50 bits per heavy atom. The fourth-order valence-electron chi connectivity index (χ4n) is 3.50. The van der Waals surface area contributed by atoms with Crippen LogP contribution >= 0.6 is 0 Å². The summed E-state index contributed by atoms with van der Waals surface area (Å²) in [4.78, 5) is 0. The Labute approximate surface area is 163 Å². The van der Waals surface area contributed by atoms with Crippen LogP contribution in [0.15, 0.2) is 66.7 Å². The van der Waals surface area contributed by atoms with Crippen molar-refractivity contribution in [3.63, 3.8) is 0 Å². The lowest BCUT2D eigenvalue weighted by Crippen LogP contribution is -1.96. The summed E-state index contributed by atoms with van der Waals surface area (Å²) in [5.41, 5.74) is 1.98. The van der Waals surface area contributed by atoms with Crippen molar-refractivity contribution in [2.24, 2.45) is 0 Å². The minimum atomic E-state index is -0.0367. The maximum Gasteiger partial charge on any atom is 0.161 e. The highest BCUT2D eigenvalue weighted by atomic mass is 16.5. The van der Waals surface area contributed by atoms with Gasteiger partial charge in [-0.3, -0.25) is 0 Å². The third kappa shape index (κ3) is 3.35. The first-order valence-electron chi connectivity index (χ1n) is 9.12. The van der Waals surface area contributed by atoms with E-state index in [1.165, 1.54) is 0 Å². The van der Waals surface area contributed by atoms with Gasteiger partial charge < -0.3 is 19.3 Å². The molecule has 28 heavy (non-hydrogen) atoms. The second-order valence-corrected chi connectivity index (χ2v) is 6.60. The van der Waals surface area contributed by atoms with E-state index in [-0.39, 0.29) is 6.61 Å². The van der Waals surface area contributed by atoms with Crippen LogP contribution in [-0.4, -0.2) is 19.3 Å². The molecule has 4 aromatic carbocycles. The summed E-state index contributed by atoms with van der Waals surface area (Å²) < 4.78 is 16.9. The molecule has 0 amide bonds. The zero-order valence-electron chi connectivity index (χ0n) is 15.9. The molecular formula is C24H22O4. The molecule has 0 saturated carbocycles. The number of rotatable bonds is 6. The average Bonchev–Trinajstić information content (AvgIpc) is 2.76. The van der Waals surface area contributed by atoms with Crippen LogP contribution in [0.1, 0.15) is 11.1 Å². The predicted octanol–water partition coefficient (Wildman–Crippen LogP) is 5.08. The third-order valence-corrected chi connectivity index (χ3v) is 4.93. The monoisotopic (exact) mass is 374 g/mol. The molecule has 0 aliphatic carbocycles. The number of hydrogen-bond donors (Lipinski definition) is 1. The van der Waals surface area contributed by atoms with Gasteiger partial charge in [0.1, 0.15) is 12.4 Å². The van der Waals surface area contributed by atoms with E-state index in [0.717, 1.165) is 38.4 Å². The lowest BCUT2D eigenvalue weighted by atomic mass is 9.96. The van der Waals surface area contributed by atoms with E-state index >= 15 is 0 Å². The molecule has 0 aliphatic heterocycles. The first kappa shape index (κ1) is 18.1. The van der Waals surface area contributed by atoms with Gasteiger partial charge in [-0.05, 0) is 63.0 Å². The van der Waals surface area contributed by atoms with Crippen LogP contribution in [0.5, 0.6) is 17.2 Å². The minimum absolute atomic E-state index is 0.0367. The van der Waals surface area contributed by atoms with E-state index in [0.29, 0.717) is 18.1 Å². The summed E-state index contributed by atoms with van der Waals surface area (Å²) in [6.45, 7) is 0.464. The number of ether oxygens (including phenoxy) is 3. The van der Waals surface area contributed by atoms with E-state index in [4.69, 9.17) is 14.2 Å². The number of fused-ring (bicyclic) bond motifs is 3. The van der Waals surface area contributed by atoms with Crippen molar-refractivity contribution in [3.8, 4) is 17.2 Å². The fraction of sp³-hybridized carbons (Fsp3) is 0.167. The largest absolute Gasteiger partial charge is 0.493 e. The van der Waals surface area contributed by atoms with Gasteiger partial charge >= 0.3 is 0 Å². The normalized spacial score (nSPS) is 11.0. The molecule has 0 aromatic heterocycles. The zero-order valence-corrected chi connectivity index (χ0v) is 15.9. The molecule has 4 nitrogen and oxygen atoms in total. The second-order valence-electron chi connectivity index (χ2n) is 6.60. The number of aliphatic hydroxyl groups is 1. The summed E-state index contributed by atoms with van der Waals surface area (Å²) in [5, 5.41) is 13.9. The van der Waals surface area contributed by atoms with Gasteiger partial charge in [0.15, 0.2) is 11.5 Å². The highest BCUT2D eigenvalue weighted by molar-refractivity contribution is 6.10. The smallest absolute Gasteiger partial charge is 0.161 e. The summed E-state index contributed by atoms with van der Waals surface area (Å²) in [5.74, 6) is 2.11. The van der Waals surface area contributed by atoms with Crippen LogP contribution in [0.4, 0.5) is 0 Å². The molecule has 4 aromatic rings. The summed E-state index contributed by atoms with van der Waals surface area (Å²) in [6, 6.07) is 21.9. The SMILES string of the molecule is COc1cc2cc(CO)c3ccc(OCc4ccccc4)cc3c2cc1OC.